The van der Waals surface area contributed by atoms with E-state index in [1.165, 1.54) is 35.1 Å². The molecule has 8 nitrogen and oxygen atoms in total. The summed E-state index contributed by atoms with van der Waals surface area (Å²) in [5.41, 5.74) is 6.03. The van der Waals surface area contributed by atoms with Crippen molar-refractivity contribution in [2.24, 2.45) is 0 Å². The number of aromatic carboxylic acids is 1. The second kappa shape index (κ2) is 7.39. The van der Waals surface area contributed by atoms with E-state index in [1.807, 2.05) is 0 Å². The maximum absolute atomic E-state index is 14.2. The lowest BCUT2D eigenvalue weighted by Gasteiger charge is -2.19. The molecule has 1 atom stereocenters. The standard InChI is InChI=1S/C20H15F2N5O3/c1-10(30-16-8-11-7-12(21)3-4-14(11)25-19(16)23)17-15(27-6-2-5-24-27)9-13(22)18(26-17)20(28)29/h2-10H,1H3,(H2,23,25)(H,28,29)/t10-/m0/s1. The number of hydrogen-bond donors (Lipinski definition) is 2. The number of nitrogens with zero attached hydrogens (tertiary/aromatic N) is 4. The molecule has 0 spiro atoms. The average Bonchev–Trinajstić information content (AvgIpc) is 3.23. The summed E-state index contributed by atoms with van der Waals surface area (Å²) in [6.07, 6.45) is 2.18. The largest absolute Gasteiger partial charge is 0.480 e. The van der Waals surface area contributed by atoms with Gasteiger partial charge in [0.1, 0.15) is 17.6 Å². The first-order chi connectivity index (χ1) is 14.3. The summed E-state index contributed by atoms with van der Waals surface area (Å²) in [5, 5.41) is 13.8. The zero-order valence-electron chi connectivity index (χ0n) is 15.6. The zero-order chi connectivity index (χ0) is 21.4. The molecule has 4 rings (SSSR count). The van der Waals surface area contributed by atoms with Crippen molar-refractivity contribution in [1.82, 2.24) is 19.7 Å². The van der Waals surface area contributed by atoms with Gasteiger partial charge in [-0.3, -0.25) is 0 Å². The lowest BCUT2D eigenvalue weighted by molar-refractivity contribution is 0.0684. The highest BCUT2D eigenvalue weighted by Gasteiger charge is 2.23. The number of carboxylic acid groups (broad SMARTS) is 1. The number of rotatable bonds is 5. The van der Waals surface area contributed by atoms with Crippen molar-refractivity contribution in [3.05, 3.63) is 71.8 Å². The number of aromatic nitrogens is 4. The lowest BCUT2D eigenvalue weighted by atomic mass is 10.1. The Balaban J connectivity index is 1.78. The molecule has 3 N–H and O–H groups in total. The molecule has 0 radical (unpaired) electrons. The van der Waals surface area contributed by atoms with Gasteiger partial charge in [-0.05, 0) is 37.3 Å². The van der Waals surface area contributed by atoms with E-state index in [9.17, 15) is 18.7 Å². The normalized spacial score (nSPS) is 12.1. The molecule has 0 saturated heterocycles. The van der Waals surface area contributed by atoms with Crippen LogP contribution in [-0.2, 0) is 0 Å². The van der Waals surface area contributed by atoms with Gasteiger partial charge >= 0.3 is 5.97 Å². The molecular formula is C20H15F2N5O3. The molecule has 0 fully saturated rings. The first-order valence-corrected chi connectivity index (χ1v) is 8.79. The van der Waals surface area contributed by atoms with Gasteiger partial charge in [0.2, 0.25) is 0 Å². The number of benzene rings is 1. The third-order valence-corrected chi connectivity index (χ3v) is 4.40. The molecule has 0 unspecified atom stereocenters. The summed E-state index contributed by atoms with van der Waals surface area (Å²) >= 11 is 0. The van der Waals surface area contributed by atoms with Crippen molar-refractivity contribution in [2.75, 3.05) is 5.73 Å². The Morgan fingerprint density at radius 3 is 2.73 bits per heavy atom. The van der Waals surface area contributed by atoms with Gasteiger partial charge in [0.25, 0.3) is 0 Å². The van der Waals surface area contributed by atoms with Crippen molar-refractivity contribution >= 4 is 22.7 Å². The fraction of sp³-hybridized carbons (Fsp3) is 0.100. The van der Waals surface area contributed by atoms with Crippen molar-refractivity contribution in [3.63, 3.8) is 0 Å². The average molecular weight is 411 g/mol. The van der Waals surface area contributed by atoms with Crippen molar-refractivity contribution in [2.45, 2.75) is 13.0 Å². The first-order valence-electron chi connectivity index (χ1n) is 8.79. The SMILES string of the molecule is C[C@H](Oc1cc2cc(F)ccc2nc1N)c1nc(C(=O)O)c(F)cc1-n1cccn1. The van der Waals surface area contributed by atoms with Gasteiger partial charge in [-0.2, -0.15) is 5.10 Å². The number of nitrogens with two attached hydrogens (primary N) is 1. The smallest absolute Gasteiger partial charge is 0.357 e. The predicted octanol–water partition coefficient (Wildman–Crippen LogP) is 3.51. The van der Waals surface area contributed by atoms with Gasteiger partial charge in [-0.25, -0.2) is 28.2 Å². The van der Waals surface area contributed by atoms with Gasteiger partial charge < -0.3 is 15.6 Å². The third-order valence-electron chi connectivity index (χ3n) is 4.40. The van der Waals surface area contributed by atoms with Crippen molar-refractivity contribution in [1.29, 1.82) is 0 Å². The second-order valence-corrected chi connectivity index (χ2v) is 6.45. The summed E-state index contributed by atoms with van der Waals surface area (Å²) in [6.45, 7) is 1.59. The molecule has 3 aromatic heterocycles. The van der Waals surface area contributed by atoms with Crippen LogP contribution in [0.15, 0.2) is 48.8 Å². The highest BCUT2D eigenvalue weighted by molar-refractivity contribution is 5.86. The van der Waals surface area contributed by atoms with Crippen LogP contribution in [0.1, 0.15) is 29.2 Å². The van der Waals surface area contributed by atoms with E-state index in [0.29, 0.717) is 10.9 Å². The number of fused-ring (bicyclic) bond motifs is 1. The van der Waals surface area contributed by atoms with E-state index in [4.69, 9.17) is 10.5 Å². The third kappa shape index (κ3) is 3.50. The Morgan fingerprint density at radius 1 is 1.23 bits per heavy atom. The monoisotopic (exact) mass is 411 g/mol. The molecule has 0 bridgehead atoms. The molecule has 0 aliphatic carbocycles. The van der Waals surface area contributed by atoms with Crippen molar-refractivity contribution < 1.29 is 23.4 Å². The van der Waals surface area contributed by atoms with Gasteiger partial charge in [0.05, 0.1) is 11.2 Å². The van der Waals surface area contributed by atoms with E-state index in [2.05, 4.69) is 15.1 Å². The van der Waals surface area contributed by atoms with Crippen LogP contribution >= 0.6 is 0 Å². The molecular weight excluding hydrogens is 396 g/mol. The van der Waals surface area contributed by atoms with Gasteiger partial charge in [0.15, 0.2) is 23.1 Å². The van der Waals surface area contributed by atoms with Gasteiger partial charge in [-0.1, -0.05) is 0 Å². The molecule has 30 heavy (non-hydrogen) atoms. The Morgan fingerprint density at radius 2 is 2.03 bits per heavy atom. The predicted molar refractivity (Wildman–Crippen MR) is 103 cm³/mol. The van der Waals surface area contributed by atoms with Crippen LogP contribution < -0.4 is 10.5 Å². The summed E-state index contributed by atoms with van der Waals surface area (Å²) in [7, 11) is 0. The number of pyridine rings is 2. The fourth-order valence-electron chi connectivity index (χ4n) is 3.02. The highest BCUT2D eigenvalue weighted by atomic mass is 19.1. The number of carbonyl (C=O) groups is 1. The lowest BCUT2D eigenvalue weighted by Crippen LogP contribution is -2.16. The Hall–Kier alpha value is -4.08. The number of hydrogen-bond acceptors (Lipinski definition) is 6. The molecule has 152 valence electrons. The minimum Gasteiger partial charge on any atom is -0.480 e. The second-order valence-electron chi connectivity index (χ2n) is 6.45. The number of halogens is 2. The summed E-state index contributed by atoms with van der Waals surface area (Å²) in [6, 6.07) is 8.21. The molecule has 0 amide bonds. The minimum absolute atomic E-state index is 0.0576. The molecule has 1 aromatic carbocycles. The highest BCUT2D eigenvalue weighted by Crippen LogP contribution is 2.31. The molecule has 0 aliphatic rings. The quantitative estimate of drug-likeness (QED) is 0.516. The van der Waals surface area contributed by atoms with Crippen molar-refractivity contribution in [3.8, 4) is 11.4 Å². The van der Waals surface area contributed by atoms with Crippen LogP contribution in [0, 0.1) is 11.6 Å². The van der Waals surface area contributed by atoms with Gasteiger partial charge in [0, 0.05) is 23.8 Å². The van der Waals surface area contributed by atoms with E-state index in [-0.39, 0.29) is 22.9 Å². The summed E-state index contributed by atoms with van der Waals surface area (Å²) in [5.74, 6) is -2.76. The van der Waals surface area contributed by atoms with E-state index in [1.54, 1.807) is 19.2 Å². The minimum atomic E-state index is -1.52. The van der Waals surface area contributed by atoms with Crippen LogP contribution in [0.5, 0.6) is 5.75 Å². The maximum Gasteiger partial charge on any atom is 0.357 e. The molecule has 10 heteroatoms. The number of carboxylic acids is 1. The maximum atomic E-state index is 14.2. The Kier molecular flexibility index (Phi) is 4.74. The van der Waals surface area contributed by atoms with E-state index < -0.39 is 29.4 Å². The molecule has 0 aliphatic heterocycles. The van der Waals surface area contributed by atoms with Crippen LogP contribution in [0.25, 0.3) is 16.6 Å². The molecule has 0 saturated carbocycles. The summed E-state index contributed by atoms with van der Waals surface area (Å²) in [4.78, 5) is 19.5. The van der Waals surface area contributed by atoms with E-state index >= 15 is 0 Å². The number of anilines is 1. The zero-order valence-corrected chi connectivity index (χ0v) is 15.6. The number of ether oxygens (including phenoxy) is 1. The van der Waals surface area contributed by atoms with Crippen LogP contribution in [0.2, 0.25) is 0 Å². The van der Waals surface area contributed by atoms with Crippen LogP contribution in [-0.4, -0.2) is 30.8 Å². The molecule has 3 heterocycles. The summed E-state index contributed by atoms with van der Waals surface area (Å²) < 4.78 is 35.0. The Bertz CT molecular complexity index is 1260. The Labute approximate surface area is 168 Å². The van der Waals surface area contributed by atoms with Crippen LogP contribution in [0.4, 0.5) is 14.6 Å². The van der Waals surface area contributed by atoms with Gasteiger partial charge in [-0.15, -0.1) is 0 Å². The first kappa shape index (κ1) is 19.2. The number of nitrogen functional groups attached to an aromatic ring is 1. The topological polar surface area (TPSA) is 116 Å². The van der Waals surface area contributed by atoms with Crippen LogP contribution in [0.3, 0.4) is 0 Å². The fourth-order valence-corrected chi connectivity index (χ4v) is 3.02. The van der Waals surface area contributed by atoms with E-state index in [0.717, 1.165) is 6.07 Å². The molecule has 4 aromatic rings.